The first-order valence-electron chi connectivity index (χ1n) is 2.90. The molecule has 0 aliphatic carbocycles. The molecule has 0 radical (unpaired) electrons. The van der Waals surface area contributed by atoms with Gasteiger partial charge in [-0.25, -0.2) is 14.6 Å². The normalized spacial score (nSPS) is 28.4. The second-order valence-corrected chi connectivity index (χ2v) is 2.19. The van der Waals surface area contributed by atoms with Crippen molar-refractivity contribution in [2.75, 3.05) is 0 Å². The largest absolute Gasteiger partial charge is 0.479 e. The number of rotatable bonds is 1. The van der Waals surface area contributed by atoms with E-state index in [9.17, 15) is 14.4 Å². The Bertz CT molecular complexity index is 297. The quantitative estimate of drug-likeness (QED) is 0.397. The molecular weight excluding hydrogens is 166 g/mol. The molecule has 1 heterocycles. The Morgan fingerprint density at radius 2 is 2.25 bits per heavy atom. The Labute approximate surface area is 66.3 Å². The number of amides is 3. The first-order valence-corrected chi connectivity index (χ1v) is 2.90. The third-order valence-corrected chi connectivity index (χ3v) is 1.34. The van der Waals surface area contributed by atoms with Crippen LogP contribution in [0.2, 0.25) is 0 Å². The molecule has 0 saturated carbocycles. The average Bonchev–Trinajstić information content (AvgIpc) is 1.97. The number of hydrogen-bond acceptors (Lipinski definition) is 4. The van der Waals surface area contributed by atoms with Gasteiger partial charge >= 0.3 is 12.0 Å². The first kappa shape index (κ1) is 8.34. The van der Waals surface area contributed by atoms with E-state index in [1.165, 1.54) is 0 Å². The number of carboxylic acid groups (broad SMARTS) is 1. The van der Waals surface area contributed by atoms with Gasteiger partial charge in [0.1, 0.15) is 0 Å². The highest BCUT2D eigenvalue weighted by atomic mass is 16.4. The number of aliphatic carboxylic acids is 1. The van der Waals surface area contributed by atoms with Crippen molar-refractivity contribution < 1.29 is 19.5 Å². The molecule has 3 amide bonds. The minimum absolute atomic E-state index is 0.608. The Morgan fingerprint density at radius 1 is 1.67 bits per heavy atom. The topological polar surface area (TPSA) is 122 Å². The zero-order valence-electron chi connectivity index (χ0n) is 5.77. The lowest BCUT2D eigenvalue weighted by Gasteiger charge is -2.20. The minimum atomic E-state index is -2.23. The van der Waals surface area contributed by atoms with Crippen LogP contribution in [0.15, 0.2) is 4.99 Å². The molecule has 1 aliphatic heterocycles. The van der Waals surface area contributed by atoms with Crippen molar-refractivity contribution in [3.05, 3.63) is 0 Å². The Kier molecular flexibility index (Phi) is 1.65. The van der Waals surface area contributed by atoms with E-state index in [-0.39, 0.29) is 0 Å². The maximum Gasteiger partial charge on any atom is 0.347 e. The lowest BCUT2D eigenvalue weighted by atomic mass is 10.0. The van der Waals surface area contributed by atoms with Crippen LogP contribution in [0.5, 0.6) is 0 Å². The van der Waals surface area contributed by atoms with Crippen molar-refractivity contribution in [3.63, 3.8) is 0 Å². The lowest BCUT2D eigenvalue weighted by molar-refractivity contribution is -0.145. The zero-order valence-corrected chi connectivity index (χ0v) is 5.77. The van der Waals surface area contributed by atoms with Gasteiger partial charge in [0.05, 0.1) is 6.21 Å². The summed E-state index contributed by atoms with van der Waals surface area (Å²) < 4.78 is 0. The number of carboxylic acids is 1. The number of nitrogens with two attached hydrogens (primary N) is 1. The minimum Gasteiger partial charge on any atom is -0.479 e. The zero-order chi connectivity index (χ0) is 9.35. The molecule has 1 unspecified atom stereocenters. The molecule has 0 saturated heterocycles. The van der Waals surface area contributed by atoms with Gasteiger partial charge in [-0.3, -0.25) is 10.1 Å². The summed E-state index contributed by atoms with van der Waals surface area (Å²) in [6.07, 6.45) is 0.608. The second kappa shape index (κ2) is 2.38. The molecule has 0 fully saturated rings. The summed E-state index contributed by atoms with van der Waals surface area (Å²) in [6.45, 7) is 0. The van der Waals surface area contributed by atoms with E-state index >= 15 is 0 Å². The van der Waals surface area contributed by atoms with Gasteiger partial charge in [-0.2, -0.15) is 0 Å². The molecule has 0 spiro atoms. The van der Waals surface area contributed by atoms with Crippen LogP contribution in [-0.2, 0) is 9.59 Å². The molecule has 0 aromatic carbocycles. The molecular formula is C5H5N3O4. The van der Waals surface area contributed by atoms with E-state index in [0.29, 0.717) is 6.21 Å². The fraction of sp³-hybridized carbons (Fsp3) is 0.200. The van der Waals surface area contributed by atoms with Crippen molar-refractivity contribution in [2.45, 2.75) is 5.54 Å². The van der Waals surface area contributed by atoms with E-state index in [4.69, 9.17) is 10.8 Å². The molecule has 0 bridgehead atoms. The van der Waals surface area contributed by atoms with E-state index in [1.54, 1.807) is 5.32 Å². The van der Waals surface area contributed by atoms with Crippen LogP contribution in [-0.4, -0.2) is 34.8 Å². The number of nitrogens with one attached hydrogen (secondary N) is 1. The molecule has 1 aliphatic rings. The summed E-state index contributed by atoms with van der Waals surface area (Å²) in [7, 11) is 0. The van der Waals surface area contributed by atoms with Crippen LogP contribution in [0.4, 0.5) is 4.79 Å². The summed E-state index contributed by atoms with van der Waals surface area (Å²) >= 11 is 0. The van der Waals surface area contributed by atoms with Gasteiger partial charge in [-0.15, -0.1) is 0 Å². The second-order valence-electron chi connectivity index (χ2n) is 2.19. The van der Waals surface area contributed by atoms with Gasteiger partial charge in [0.25, 0.3) is 5.91 Å². The molecule has 1 atom stereocenters. The molecule has 1 rings (SSSR count). The van der Waals surface area contributed by atoms with Crippen molar-refractivity contribution in [2.24, 2.45) is 10.7 Å². The Morgan fingerprint density at radius 3 is 2.67 bits per heavy atom. The molecule has 12 heavy (non-hydrogen) atoms. The first-order chi connectivity index (χ1) is 5.47. The summed E-state index contributed by atoms with van der Waals surface area (Å²) in [4.78, 5) is 34.7. The molecule has 64 valence electrons. The van der Waals surface area contributed by atoms with Crippen molar-refractivity contribution >= 4 is 24.1 Å². The van der Waals surface area contributed by atoms with Crippen molar-refractivity contribution in [1.29, 1.82) is 0 Å². The van der Waals surface area contributed by atoms with Gasteiger partial charge in [-0.05, 0) is 0 Å². The highest BCUT2D eigenvalue weighted by Gasteiger charge is 2.44. The van der Waals surface area contributed by atoms with Crippen LogP contribution in [0, 0.1) is 0 Å². The van der Waals surface area contributed by atoms with E-state index in [2.05, 4.69) is 4.99 Å². The SMILES string of the molecule is NC1(C(=O)O)C=NC(=O)NC1=O. The number of imide groups is 1. The number of carbonyl (C=O) groups excluding carboxylic acids is 2. The highest BCUT2D eigenvalue weighted by Crippen LogP contribution is 2.02. The summed E-state index contributed by atoms with van der Waals surface area (Å²) in [5.74, 6) is -2.65. The third-order valence-electron chi connectivity index (χ3n) is 1.34. The summed E-state index contributed by atoms with van der Waals surface area (Å²) in [5, 5.41) is 10.1. The fourth-order valence-electron chi connectivity index (χ4n) is 0.604. The van der Waals surface area contributed by atoms with Crippen molar-refractivity contribution in [1.82, 2.24) is 5.32 Å². The third kappa shape index (κ3) is 1.05. The number of carbonyl (C=O) groups is 3. The predicted octanol–water partition coefficient (Wildman–Crippen LogP) is -1.91. The van der Waals surface area contributed by atoms with Gasteiger partial charge < -0.3 is 10.8 Å². The smallest absolute Gasteiger partial charge is 0.347 e. The number of hydrogen-bond donors (Lipinski definition) is 3. The van der Waals surface area contributed by atoms with Gasteiger partial charge in [0.2, 0.25) is 5.54 Å². The Balaban J connectivity index is 3.07. The van der Waals surface area contributed by atoms with Crippen LogP contribution >= 0.6 is 0 Å². The van der Waals surface area contributed by atoms with Crippen molar-refractivity contribution in [3.8, 4) is 0 Å². The van der Waals surface area contributed by atoms with E-state index in [0.717, 1.165) is 0 Å². The van der Waals surface area contributed by atoms with Crippen LogP contribution < -0.4 is 11.1 Å². The fourth-order valence-corrected chi connectivity index (χ4v) is 0.604. The maximum absolute atomic E-state index is 10.8. The monoisotopic (exact) mass is 171 g/mol. The predicted molar refractivity (Wildman–Crippen MR) is 36.6 cm³/mol. The van der Waals surface area contributed by atoms with Gasteiger partial charge in [0.15, 0.2) is 0 Å². The van der Waals surface area contributed by atoms with E-state index < -0.39 is 23.4 Å². The standard InChI is InChI=1S/C5H5N3O4/c6-5(3(10)11)1-7-4(12)8-2(5)9/h1H,6H2,(H,10,11)(H,8,9,12). The number of nitrogens with zero attached hydrogens (tertiary/aromatic N) is 1. The average molecular weight is 171 g/mol. The lowest BCUT2D eigenvalue weighted by Crippen LogP contribution is -2.63. The molecule has 7 nitrogen and oxygen atoms in total. The summed E-state index contributed by atoms with van der Waals surface area (Å²) in [5.41, 5.74) is 2.87. The maximum atomic E-state index is 10.8. The molecule has 4 N–H and O–H groups in total. The highest BCUT2D eigenvalue weighted by molar-refractivity contribution is 6.27. The summed E-state index contributed by atoms with van der Waals surface area (Å²) in [6, 6.07) is -0.915. The molecule has 0 aromatic rings. The molecule has 0 aromatic heterocycles. The van der Waals surface area contributed by atoms with Crippen LogP contribution in [0.3, 0.4) is 0 Å². The van der Waals surface area contributed by atoms with Crippen LogP contribution in [0.1, 0.15) is 0 Å². The van der Waals surface area contributed by atoms with Gasteiger partial charge in [0, 0.05) is 0 Å². The number of aliphatic imine (C=N–C) groups is 1. The number of urea groups is 1. The van der Waals surface area contributed by atoms with Gasteiger partial charge in [-0.1, -0.05) is 0 Å². The van der Waals surface area contributed by atoms with E-state index in [1.807, 2.05) is 0 Å². The Hall–Kier alpha value is -1.76. The molecule has 7 heteroatoms. The van der Waals surface area contributed by atoms with Crippen LogP contribution in [0.25, 0.3) is 0 Å².